The molecule has 2 heterocycles. The van der Waals surface area contributed by atoms with E-state index in [1.54, 1.807) is 11.8 Å². The zero-order chi connectivity index (χ0) is 13.8. The van der Waals surface area contributed by atoms with Crippen LogP contribution in [0.4, 0.5) is 0 Å². The van der Waals surface area contributed by atoms with Crippen molar-refractivity contribution in [2.75, 3.05) is 26.3 Å². The Morgan fingerprint density at radius 3 is 2.79 bits per heavy atom. The molecule has 1 saturated heterocycles. The summed E-state index contributed by atoms with van der Waals surface area (Å²) < 4.78 is 10.6. The maximum Gasteiger partial charge on any atom is 0.339 e. The lowest BCUT2D eigenvalue weighted by Gasteiger charge is -2.17. The number of furan rings is 1. The minimum Gasteiger partial charge on any atom is -0.478 e. The molecule has 1 aliphatic heterocycles. The van der Waals surface area contributed by atoms with Gasteiger partial charge in [0.05, 0.1) is 6.61 Å². The molecule has 0 atom stereocenters. The van der Waals surface area contributed by atoms with Gasteiger partial charge in [-0.05, 0) is 6.42 Å². The third-order valence-electron chi connectivity index (χ3n) is 3.08. The van der Waals surface area contributed by atoms with Crippen LogP contribution < -0.4 is 0 Å². The number of carboxylic acid groups (broad SMARTS) is 1. The summed E-state index contributed by atoms with van der Waals surface area (Å²) in [6.07, 6.45) is 1.22. The first-order chi connectivity index (χ1) is 9.13. The Kier molecular flexibility index (Phi) is 4.21. The molecule has 1 aliphatic rings. The molecule has 6 heteroatoms. The molecule has 0 bridgehead atoms. The van der Waals surface area contributed by atoms with Crippen molar-refractivity contribution in [1.29, 1.82) is 0 Å². The number of hydrogen-bond donors (Lipinski definition) is 1. The first-order valence-corrected chi connectivity index (χ1v) is 6.36. The van der Waals surface area contributed by atoms with E-state index in [-0.39, 0.29) is 17.2 Å². The molecule has 19 heavy (non-hydrogen) atoms. The summed E-state index contributed by atoms with van der Waals surface area (Å²) in [6.45, 7) is 4.04. The monoisotopic (exact) mass is 267 g/mol. The molecule has 2 rings (SSSR count). The van der Waals surface area contributed by atoms with Gasteiger partial charge < -0.3 is 19.2 Å². The van der Waals surface area contributed by atoms with E-state index in [4.69, 9.17) is 14.3 Å². The number of carboxylic acids is 1. The number of carbonyl (C=O) groups is 2. The van der Waals surface area contributed by atoms with Gasteiger partial charge in [0, 0.05) is 32.2 Å². The van der Waals surface area contributed by atoms with E-state index in [0.717, 1.165) is 6.42 Å². The molecule has 1 amide bonds. The highest BCUT2D eigenvalue weighted by Crippen LogP contribution is 2.18. The van der Waals surface area contributed by atoms with Crippen LogP contribution in [0, 0.1) is 0 Å². The fraction of sp³-hybridized carbons (Fsp3) is 0.538. The average Bonchev–Trinajstić information content (AvgIpc) is 2.65. The highest BCUT2D eigenvalue weighted by Gasteiger charge is 2.24. The molecule has 104 valence electrons. The predicted molar refractivity (Wildman–Crippen MR) is 66.4 cm³/mol. The third-order valence-corrected chi connectivity index (χ3v) is 3.08. The van der Waals surface area contributed by atoms with Gasteiger partial charge in [0.15, 0.2) is 5.76 Å². The summed E-state index contributed by atoms with van der Waals surface area (Å²) in [6, 6.07) is 1.31. The maximum absolute atomic E-state index is 12.2. The van der Waals surface area contributed by atoms with Crippen LogP contribution in [0.5, 0.6) is 0 Å². The van der Waals surface area contributed by atoms with Crippen LogP contribution in [-0.2, 0) is 11.2 Å². The molecular weight excluding hydrogens is 250 g/mol. The zero-order valence-electron chi connectivity index (χ0n) is 10.8. The number of ether oxygens (including phenoxy) is 1. The van der Waals surface area contributed by atoms with Gasteiger partial charge in [-0.1, -0.05) is 6.92 Å². The van der Waals surface area contributed by atoms with E-state index >= 15 is 0 Å². The van der Waals surface area contributed by atoms with Crippen molar-refractivity contribution in [3.8, 4) is 0 Å². The lowest BCUT2D eigenvalue weighted by Crippen LogP contribution is -2.32. The van der Waals surface area contributed by atoms with Crippen LogP contribution in [0.25, 0.3) is 0 Å². The van der Waals surface area contributed by atoms with Crippen molar-refractivity contribution in [2.45, 2.75) is 19.8 Å². The molecule has 1 N–H and O–H groups in total. The van der Waals surface area contributed by atoms with Gasteiger partial charge in [-0.3, -0.25) is 4.79 Å². The Labute approximate surface area is 110 Å². The summed E-state index contributed by atoms with van der Waals surface area (Å²) in [5.74, 6) is -0.912. The molecule has 0 aromatic carbocycles. The number of aromatic carboxylic acids is 1. The molecule has 0 aliphatic carbocycles. The summed E-state index contributed by atoms with van der Waals surface area (Å²) in [5.41, 5.74) is 0.0666. The zero-order valence-corrected chi connectivity index (χ0v) is 10.8. The molecule has 1 aromatic heterocycles. The van der Waals surface area contributed by atoms with Crippen LogP contribution in [0.1, 0.15) is 40.0 Å². The number of rotatable bonds is 3. The lowest BCUT2D eigenvalue weighted by atomic mass is 10.2. The van der Waals surface area contributed by atoms with Crippen molar-refractivity contribution < 1.29 is 23.8 Å². The van der Waals surface area contributed by atoms with Crippen molar-refractivity contribution in [3.63, 3.8) is 0 Å². The Morgan fingerprint density at radius 1 is 1.37 bits per heavy atom. The van der Waals surface area contributed by atoms with Gasteiger partial charge in [0.2, 0.25) is 0 Å². The molecule has 0 saturated carbocycles. The highest BCUT2D eigenvalue weighted by molar-refractivity contribution is 5.96. The third kappa shape index (κ3) is 2.96. The highest BCUT2D eigenvalue weighted by atomic mass is 16.5. The molecule has 0 spiro atoms. The van der Waals surface area contributed by atoms with Gasteiger partial charge in [0.25, 0.3) is 5.91 Å². The second-order valence-corrected chi connectivity index (χ2v) is 4.36. The fourth-order valence-electron chi connectivity index (χ4n) is 2.08. The second-order valence-electron chi connectivity index (χ2n) is 4.36. The standard InChI is InChI=1S/C13H17NO5/c1-2-10-9(13(16)17)8-11(19-10)12(15)14-4-3-6-18-7-5-14/h8H,2-7H2,1H3,(H,16,17). The number of carbonyl (C=O) groups excluding carboxylic acids is 1. The molecule has 0 radical (unpaired) electrons. The van der Waals surface area contributed by atoms with Crippen molar-refractivity contribution in [3.05, 3.63) is 23.2 Å². The Morgan fingerprint density at radius 2 is 2.16 bits per heavy atom. The molecular formula is C13H17NO5. The summed E-state index contributed by atoms with van der Waals surface area (Å²) in [4.78, 5) is 24.9. The summed E-state index contributed by atoms with van der Waals surface area (Å²) in [5, 5.41) is 9.04. The predicted octanol–water partition coefficient (Wildman–Crippen LogP) is 1.40. The van der Waals surface area contributed by atoms with Crippen LogP contribution in [0.15, 0.2) is 10.5 Å². The summed E-state index contributed by atoms with van der Waals surface area (Å²) in [7, 11) is 0. The van der Waals surface area contributed by atoms with Crippen LogP contribution in [0.2, 0.25) is 0 Å². The fourth-order valence-corrected chi connectivity index (χ4v) is 2.08. The smallest absolute Gasteiger partial charge is 0.339 e. The van der Waals surface area contributed by atoms with E-state index in [0.29, 0.717) is 38.5 Å². The van der Waals surface area contributed by atoms with Crippen LogP contribution in [0.3, 0.4) is 0 Å². The number of aryl methyl sites for hydroxylation is 1. The van der Waals surface area contributed by atoms with Gasteiger partial charge in [0.1, 0.15) is 11.3 Å². The summed E-state index contributed by atoms with van der Waals surface area (Å²) >= 11 is 0. The van der Waals surface area contributed by atoms with Crippen molar-refractivity contribution >= 4 is 11.9 Å². The van der Waals surface area contributed by atoms with Crippen molar-refractivity contribution in [1.82, 2.24) is 4.90 Å². The van der Waals surface area contributed by atoms with Gasteiger partial charge >= 0.3 is 5.97 Å². The van der Waals surface area contributed by atoms with E-state index in [1.165, 1.54) is 6.07 Å². The normalized spacial score (nSPS) is 16.2. The quantitative estimate of drug-likeness (QED) is 0.895. The molecule has 0 unspecified atom stereocenters. The van der Waals surface area contributed by atoms with E-state index in [1.807, 2.05) is 0 Å². The maximum atomic E-state index is 12.2. The van der Waals surface area contributed by atoms with Gasteiger partial charge in [-0.25, -0.2) is 4.79 Å². The van der Waals surface area contributed by atoms with E-state index in [2.05, 4.69) is 0 Å². The minimum atomic E-state index is -1.07. The topological polar surface area (TPSA) is 80.0 Å². The van der Waals surface area contributed by atoms with E-state index < -0.39 is 5.97 Å². The Hall–Kier alpha value is -1.82. The van der Waals surface area contributed by atoms with Gasteiger partial charge in [-0.2, -0.15) is 0 Å². The van der Waals surface area contributed by atoms with Gasteiger partial charge in [-0.15, -0.1) is 0 Å². The second kappa shape index (κ2) is 5.88. The number of nitrogens with zero attached hydrogens (tertiary/aromatic N) is 1. The minimum absolute atomic E-state index is 0.0666. The SMILES string of the molecule is CCc1oc(C(=O)N2CCCOCC2)cc1C(=O)O. The first-order valence-electron chi connectivity index (χ1n) is 6.36. The molecule has 1 aromatic rings. The van der Waals surface area contributed by atoms with Crippen LogP contribution >= 0.6 is 0 Å². The Bertz CT molecular complexity index is 471. The lowest BCUT2D eigenvalue weighted by molar-refractivity contribution is 0.0689. The number of amides is 1. The Balaban J connectivity index is 2.20. The largest absolute Gasteiger partial charge is 0.478 e. The molecule has 6 nitrogen and oxygen atoms in total. The molecule has 1 fully saturated rings. The average molecular weight is 267 g/mol. The van der Waals surface area contributed by atoms with E-state index in [9.17, 15) is 9.59 Å². The van der Waals surface area contributed by atoms with Crippen molar-refractivity contribution in [2.24, 2.45) is 0 Å². The number of hydrogen-bond acceptors (Lipinski definition) is 4. The van der Waals surface area contributed by atoms with Crippen LogP contribution in [-0.4, -0.2) is 48.2 Å². The first kappa shape index (κ1) is 13.6.